The zero-order valence-corrected chi connectivity index (χ0v) is 12.4. The van der Waals surface area contributed by atoms with Crippen molar-refractivity contribution in [1.82, 2.24) is 9.55 Å². The number of aliphatic hydroxyl groups is 1. The van der Waals surface area contributed by atoms with E-state index in [4.69, 9.17) is 15.6 Å². The highest BCUT2D eigenvalue weighted by Crippen LogP contribution is 2.29. The zero-order chi connectivity index (χ0) is 17.3. The van der Waals surface area contributed by atoms with Gasteiger partial charge < -0.3 is 15.6 Å². The highest BCUT2D eigenvalue weighted by molar-refractivity contribution is 6.11. The van der Waals surface area contributed by atoms with Gasteiger partial charge in [0.1, 0.15) is 17.7 Å². The van der Waals surface area contributed by atoms with Crippen LogP contribution in [0.1, 0.15) is 22.1 Å². The molecule has 0 amide bonds. The number of ketones is 1. The zero-order valence-electron chi connectivity index (χ0n) is 12.4. The monoisotopic (exact) mass is 331 g/mol. The van der Waals surface area contributed by atoms with Crippen LogP contribution in [0.15, 0.2) is 53.2 Å². The fraction of sp³-hybridized carbons (Fsp3) is 0.188. The van der Waals surface area contributed by atoms with Gasteiger partial charge in [-0.2, -0.15) is 4.98 Å². The van der Waals surface area contributed by atoms with E-state index in [0.29, 0.717) is 5.56 Å². The fourth-order valence-electron chi connectivity index (χ4n) is 2.39. The van der Waals surface area contributed by atoms with Gasteiger partial charge in [0, 0.05) is 11.8 Å². The van der Waals surface area contributed by atoms with E-state index in [0.717, 1.165) is 16.8 Å². The molecule has 2 aromatic rings. The lowest BCUT2D eigenvalue weighted by Gasteiger charge is -2.16. The van der Waals surface area contributed by atoms with E-state index in [-0.39, 0.29) is 11.4 Å². The number of aliphatic hydroxyl groups excluding tert-OH is 1. The third-order valence-corrected chi connectivity index (χ3v) is 3.58. The molecule has 0 aliphatic carbocycles. The summed E-state index contributed by atoms with van der Waals surface area (Å²) >= 11 is 0. The summed E-state index contributed by atoms with van der Waals surface area (Å²) in [6.07, 6.45) is -0.0675. The molecule has 0 saturated carbocycles. The first-order chi connectivity index (χ1) is 11.5. The van der Waals surface area contributed by atoms with Crippen molar-refractivity contribution in [2.24, 2.45) is 0 Å². The van der Waals surface area contributed by atoms with Crippen LogP contribution in [0.4, 0.5) is 10.2 Å². The molecular weight excluding hydrogens is 317 g/mol. The first kappa shape index (κ1) is 16.0. The SMILES string of the molecule is Nc1nc(=O)n([C@H]2O[C@@H](CO)C=C2F)cc1C(=O)c1ccccc1. The number of rotatable bonds is 4. The van der Waals surface area contributed by atoms with E-state index in [1.807, 2.05) is 0 Å². The molecule has 0 bridgehead atoms. The van der Waals surface area contributed by atoms with Crippen molar-refractivity contribution in [2.45, 2.75) is 12.3 Å². The van der Waals surface area contributed by atoms with Crippen molar-refractivity contribution in [2.75, 3.05) is 12.3 Å². The first-order valence-electron chi connectivity index (χ1n) is 7.13. The summed E-state index contributed by atoms with van der Waals surface area (Å²) in [7, 11) is 0. The number of ether oxygens (including phenoxy) is 1. The van der Waals surface area contributed by atoms with Crippen molar-refractivity contribution in [3.05, 3.63) is 70.0 Å². The van der Waals surface area contributed by atoms with Gasteiger partial charge >= 0.3 is 5.69 Å². The Morgan fingerprint density at radius 2 is 2.08 bits per heavy atom. The minimum absolute atomic E-state index is 0.0374. The second-order valence-corrected chi connectivity index (χ2v) is 5.19. The summed E-state index contributed by atoms with van der Waals surface area (Å²) in [5, 5.41) is 9.04. The third-order valence-electron chi connectivity index (χ3n) is 3.58. The lowest BCUT2D eigenvalue weighted by Crippen LogP contribution is -2.31. The Balaban J connectivity index is 2.03. The molecule has 8 heteroatoms. The molecular formula is C16H14FN3O4. The largest absolute Gasteiger partial charge is 0.393 e. The average Bonchev–Trinajstić information content (AvgIpc) is 2.96. The molecule has 1 aliphatic rings. The number of nitrogen functional groups attached to an aromatic ring is 1. The number of benzene rings is 1. The number of aromatic nitrogens is 2. The van der Waals surface area contributed by atoms with Crippen LogP contribution in [0.25, 0.3) is 0 Å². The van der Waals surface area contributed by atoms with E-state index in [2.05, 4.69) is 4.98 Å². The van der Waals surface area contributed by atoms with Crippen LogP contribution in [0.3, 0.4) is 0 Å². The Bertz CT molecular complexity index is 863. The van der Waals surface area contributed by atoms with Gasteiger partial charge in [0.2, 0.25) is 0 Å². The van der Waals surface area contributed by atoms with Crippen molar-refractivity contribution in [3.63, 3.8) is 0 Å². The van der Waals surface area contributed by atoms with Crippen LogP contribution < -0.4 is 11.4 Å². The molecule has 1 aliphatic heterocycles. The van der Waals surface area contributed by atoms with Crippen LogP contribution in [0, 0.1) is 0 Å². The minimum atomic E-state index is -1.38. The molecule has 0 spiro atoms. The van der Waals surface area contributed by atoms with Gasteiger partial charge in [0.15, 0.2) is 12.0 Å². The Morgan fingerprint density at radius 1 is 1.38 bits per heavy atom. The van der Waals surface area contributed by atoms with Gasteiger partial charge in [-0.15, -0.1) is 0 Å². The van der Waals surface area contributed by atoms with Gasteiger partial charge in [0.25, 0.3) is 0 Å². The van der Waals surface area contributed by atoms with Crippen LogP contribution in [-0.2, 0) is 4.74 Å². The van der Waals surface area contributed by atoms with E-state index < -0.39 is 36.2 Å². The van der Waals surface area contributed by atoms with Gasteiger partial charge in [-0.05, 0) is 6.08 Å². The van der Waals surface area contributed by atoms with E-state index in [1.165, 1.54) is 0 Å². The molecule has 1 aromatic carbocycles. The number of anilines is 1. The summed E-state index contributed by atoms with van der Waals surface area (Å²) < 4.78 is 20.0. The lowest BCUT2D eigenvalue weighted by molar-refractivity contribution is -0.0214. The molecule has 124 valence electrons. The molecule has 3 rings (SSSR count). The number of hydrogen-bond donors (Lipinski definition) is 2. The molecule has 24 heavy (non-hydrogen) atoms. The standard InChI is InChI=1S/C16H14FN3O4/c17-12-6-10(8-21)24-15(12)20-7-11(14(18)19-16(20)23)13(22)9-4-2-1-3-5-9/h1-7,10,15,21H,8H2,(H2,18,19,23)/t10-,15+/m1/s1. The van der Waals surface area contributed by atoms with Gasteiger partial charge in [-0.3, -0.25) is 9.36 Å². The highest BCUT2D eigenvalue weighted by Gasteiger charge is 2.30. The first-order valence-corrected chi connectivity index (χ1v) is 7.13. The van der Waals surface area contributed by atoms with Crippen molar-refractivity contribution >= 4 is 11.6 Å². The van der Waals surface area contributed by atoms with Crippen molar-refractivity contribution < 1.29 is 19.0 Å². The smallest absolute Gasteiger partial charge is 0.352 e. The van der Waals surface area contributed by atoms with Crippen LogP contribution in [0.5, 0.6) is 0 Å². The third kappa shape index (κ3) is 2.84. The minimum Gasteiger partial charge on any atom is -0.393 e. The summed E-state index contributed by atoms with van der Waals surface area (Å²) in [5.74, 6) is -1.44. The number of halogens is 1. The maximum absolute atomic E-state index is 14.0. The van der Waals surface area contributed by atoms with Crippen LogP contribution >= 0.6 is 0 Å². The molecule has 0 radical (unpaired) electrons. The Hall–Kier alpha value is -2.84. The fourth-order valence-corrected chi connectivity index (χ4v) is 2.39. The van der Waals surface area contributed by atoms with Crippen molar-refractivity contribution in [3.8, 4) is 0 Å². The van der Waals surface area contributed by atoms with Crippen molar-refractivity contribution in [1.29, 1.82) is 0 Å². The molecule has 0 unspecified atom stereocenters. The Labute approximate surface area is 135 Å². The Kier molecular flexibility index (Phi) is 4.24. The molecule has 3 N–H and O–H groups in total. The summed E-state index contributed by atoms with van der Waals surface area (Å²) in [6, 6.07) is 8.29. The molecule has 7 nitrogen and oxygen atoms in total. The highest BCUT2D eigenvalue weighted by atomic mass is 19.1. The lowest BCUT2D eigenvalue weighted by atomic mass is 10.1. The normalized spacial score (nSPS) is 20.0. The number of carbonyl (C=O) groups is 1. The van der Waals surface area contributed by atoms with E-state index in [9.17, 15) is 14.0 Å². The summed E-state index contributed by atoms with van der Waals surface area (Å²) in [6.45, 7) is -0.434. The predicted octanol–water partition coefficient (Wildman–Crippen LogP) is 0.800. The van der Waals surface area contributed by atoms with E-state index in [1.54, 1.807) is 30.3 Å². The van der Waals surface area contributed by atoms with Crippen LogP contribution in [-0.4, -0.2) is 33.2 Å². The number of carbonyl (C=O) groups excluding carboxylic acids is 1. The number of hydrogen-bond acceptors (Lipinski definition) is 6. The molecule has 2 heterocycles. The van der Waals surface area contributed by atoms with Crippen LogP contribution in [0.2, 0.25) is 0 Å². The second kappa shape index (κ2) is 6.34. The maximum atomic E-state index is 14.0. The second-order valence-electron chi connectivity index (χ2n) is 5.19. The quantitative estimate of drug-likeness (QED) is 0.803. The predicted molar refractivity (Wildman–Crippen MR) is 83.0 cm³/mol. The topological polar surface area (TPSA) is 107 Å². The molecule has 2 atom stereocenters. The van der Waals surface area contributed by atoms with E-state index >= 15 is 0 Å². The van der Waals surface area contributed by atoms with Gasteiger partial charge in [0.05, 0.1) is 12.2 Å². The maximum Gasteiger partial charge on any atom is 0.352 e. The summed E-state index contributed by atoms with van der Waals surface area (Å²) in [4.78, 5) is 28.1. The number of nitrogens with two attached hydrogens (primary N) is 1. The average molecular weight is 331 g/mol. The Morgan fingerprint density at radius 3 is 2.71 bits per heavy atom. The number of nitrogens with zero attached hydrogens (tertiary/aromatic N) is 2. The molecule has 0 fully saturated rings. The molecule has 0 saturated heterocycles. The van der Waals surface area contributed by atoms with Gasteiger partial charge in [-0.25, -0.2) is 9.18 Å². The van der Waals surface area contributed by atoms with Gasteiger partial charge in [-0.1, -0.05) is 30.3 Å². The molecule has 1 aromatic heterocycles. The summed E-state index contributed by atoms with van der Waals surface area (Å²) in [5.41, 5.74) is 5.14.